The van der Waals surface area contributed by atoms with Crippen molar-refractivity contribution in [3.63, 3.8) is 0 Å². The van der Waals surface area contributed by atoms with E-state index in [1.54, 1.807) is 41.2 Å². The molecular weight excluding hydrogens is 825 g/mol. The Morgan fingerprint density at radius 3 is 2.15 bits per heavy atom. The number of nitriles is 1. The maximum absolute atomic E-state index is 11.0. The lowest BCUT2D eigenvalue weighted by atomic mass is 9.91. The van der Waals surface area contributed by atoms with Crippen LogP contribution in [0.3, 0.4) is 0 Å². The van der Waals surface area contributed by atoms with Gasteiger partial charge in [0.15, 0.2) is 11.5 Å². The van der Waals surface area contributed by atoms with E-state index in [2.05, 4.69) is 21.7 Å². The Hall–Kier alpha value is -6.12. The minimum absolute atomic E-state index is 0.0311. The molecule has 0 bridgehead atoms. The van der Waals surface area contributed by atoms with Crippen LogP contribution in [0.4, 0.5) is 0 Å². The van der Waals surface area contributed by atoms with Crippen molar-refractivity contribution in [2.75, 3.05) is 13.1 Å². The van der Waals surface area contributed by atoms with Crippen LogP contribution in [0.5, 0.6) is 11.5 Å². The molecule has 6 rings (SSSR count). The van der Waals surface area contributed by atoms with Gasteiger partial charge in [-0.15, -0.1) is 5.10 Å². The van der Waals surface area contributed by atoms with Gasteiger partial charge in [0.2, 0.25) is 0 Å². The Morgan fingerprint density at radius 1 is 0.787 bits per heavy atom. The molecule has 316 valence electrons. The Morgan fingerprint density at radius 2 is 1.44 bits per heavy atom. The quantitative estimate of drug-likeness (QED) is 0.0498. The maximum atomic E-state index is 11.0. The summed E-state index contributed by atoms with van der Waals surface area (Å²) >= 11 is 13.4. The summed E-state index contributed by atoms with van der Waals surface area (Å²) in [6.45, 7) is 4.97. The summed E-state index contributed by atoms with van der Waals surface area (Å²) in [4.78, 5) is 30.7. The highest BCUT2D eigenvalue weighted by molar-refractivity contribution is 6.33. The molecular formula is C44H43Cl2N7O8. The topological polar surface area (TPSA) is 224 Å². The second-order valence-corrected chi connectivity index (χ2v) is 15.2. The number of carbonyl (C=O) groups is 2. The van der Waals surface area contributed by atoms with Gasteiger partial charge in [0.25, 0.3) is 0 Å². The molecule has 6 aromatic rings. The Bertz CT molecular complexity index is 2600. The summed E-state index contributed by atoms with van der Waals surface area (Å²) in [5.41, 5.74) is 8.57. The number of aromatic nitrogens is 4. The number of ether oxygens (including phenoxy) is 2. The predicted molar refractivity (Wildman–Crippen MR) is 227 cm³/mol. The van der Waals surface area contributed by atoms with Crippen LogP contribution in [0.1, 0.15) is 51.8 Å². The third-order valence-corrected chi connectivity index (χ3v) is 10.4. The molecule has 3 aromatic carbocycles. The van der Waals surface area contributed by atoms with Gasteiger partial charge in [-0.25, -0.2) is 9.50 Å². The number of hydrogen-bond donors (Lipinski definition) is 6. The van der Waals surface area contributed by atoms with Crippen molar-refractivity contribution >= 4 is 40.8 Å². The third-order valence-electron chi connectivity index (χ3n) is 9.80. The average molecular weight is 869 g/mol. The number of aliphatic carboxylic acids is 2. The number of halogens is 2. The number of pyridine rings is 2. The summed E-state index contributed by atoms with van der Waals surface area (Å²) in [5.74, 6) is -0.900. The number of benzene rings is 3. The molecule has 0 aliphatic heterocycles. The second kappa shape index (κ2) is 20.4. The van der Waals surface area contributed by atoms with Gasteiger partial charge in [-0.3, -0.25) is 14.6 Å². The molecule has 0 radical (unpaired) electrons. The molecule has 17 heteroatoms. The highest BCUT2D eigenvalue weighted by Gasteiger charge is 2.19. The van der Waals surface area contributed by atoms with E-state index < -0.39 is 30.6 Å². The fraction of sp³-hybridized carbons (Fsp3) is 0.273. The molecule has 0 saturated heterocycles. The molecule has 3 aromatic heterocycles. The maximum Gasteiger partial charge on any atom is 0.306 e. The fourth-order valence-electron chi connectivity index (χ4n) is 6.72. The molecule has 15 nitrogen and oxygen atoms in total. The number of nitrogens with one attached hydrogen (secondary N) is 2. The van der Waals surface area contributed by atoms with E-state index in [1.807, 2.05) is 50.2 Å². The second-order valence-electron chi connectivity index (χ2n) is 14.4. The minimum Gasteiger partial charge on any atom is -0.488 e. The number of hydrogen-bond acceptors (Lipinski definition) is 12. The predicted octanol–water partition coefficient (Wildman–Crippen LogP) is 6.26. The normalized spacial score (nSPS) is 12.2. The van der Waals surface area contributed by atoms with Crippen LogP contribution in [0.2, 0.25) is 10.0 Å². The van der Waals surface area contributed by atoms with E-state index in [1.165, 1.54) is 6.20 Å². The minimum atomic E-state index is -1.11. The number of aliphatic hydroxyl groups excluding tert-OH is 2. The number of nitrogens with zero attached hydrogens (tertiary/aromatic N) is 5. The molecule has 2 unspecified atom stereocenters. The molecule has 0 aliphatic carbocycles. The number of fused-ring (bicyclic) bond motifs is 1. The SMILES string of the molecule is Cc1c(COc2cc(OCc3cncc(C#N)c3)c(CNCC(O)CC(=O)O)cc2Cl)cccc1-c1cccc(-c2nc3c(Cl)cc(CNCC(O)CC(=O)O)cn3n2)c1C. The summed E-state index contributed by atoms with van der Waals surface area (Å²) in [5, 5.41) is 58.7. The molecule has 0 amide bonds. The third kappa shape index (κ3) is 11.6. The van der Waals surface area contributed by atoms with E-state index >= 15 is 0 Å². The van der Waals surface area contributed by atoms with Crippen molar-refractivity contribution < 1.29 is 39.5 Å². The number of carboxylic acid groups (broad SMARTS) is 2. The van der Waals surface area contributed by atoms with Crippen molar-refractivity contribution in [3.8, 4) is 40.1 Å². The van der Waals surface area contributed by atoms with E-state index in [-0.39, 0.29) is 39.3 Å². The lowest BCUT2D eigenvalue weighted by molar-refractivity contribution is -0.140. The van der Waals surface area contributed by atoms with E-state index in [4.69, 9.17) is 53.0 Å². The smallest absolute Gasteiger partial charge is 0.306 e. The Labute approximate surface area is 361 Å². The van der Waals surface area contributed by atoms with Gasteiger partial charge >= 0.3 is 11.9 Å². The number of aliphatic hydroxyl groups is 2. The summed E-state index contributed by atoms with van der Waals surface area (Å²) in [6, 6.07) is 20.8. The lowest BCUT2D eigenvalue weighted by Gasteiger charge is -2.18. The molecule has 0 fully saturated rings. The zero-order chi connectivity index (χ0) is 43.6. The van der Waals surface area contributed by atoms with Gasteiger partial charge in [-0.2, -0.15) is 5.26 Å². The highest BCUT2D eigenvalue weighted by atomic mass is 35.5. The fourth-order valence-corrected chi connectivity index (χ4v) is 7.23. The largest absolute Gasteiger partial charge is 0.488 e. The van der Waals surface area contributed by atoms with Crippen LogP contribution in [0, 0.1) is 25.2 Å². The van der Waals surface area contributed by atoms with Crippen molar-refractivity contribution in [3.05, 3.63) is 128 Å². The van der Waals surface area contributed by atoms with Gasteiger partial charge < -0.3 is 40.5 Å². The summed E-state index contributed by atoms with van der Waals surface area (Å²) < 4.78 is 14.1. The van der Waals surface area contributed by atoms with Crippen molar-refractivity contribution in [2.24, 2.45) is 0 Å². The first kappa shape index (κ1) is 44.4. The molecule has 6 N–H and O–H groups in total. The Kier molecular flexibility index (Phi) is 14.9. The van der Waals surface area contributed by atoms with Crippen LogP contribution in [-0.2, 0) is 35.9 Å². The molecule has 61 heavy (non-hydrogen) atoms. The zero-order valence-corrected chi connectivity index (χ0v) is 34.7. The molecule has 3 heterocycles. The van der Waals surface area contributed by atoms with E-state index in [9.17, 15) is 25.1 Å². The first-order valence-corrected chi connectivity index (χ1v) is 19.9. The van der Waals surface area contributed by atoms with Crippen molar-refractivity contribution in [1.29, 1.82) is 5.26 Å². The number of rotatable bonds is 20. The summed E-state index contributed by atoms with van der Waals surface area (Å²) in [6.07, 6.45) is 1.98. The van der Waals surface area contributed by atoms with E-state index in [0.717, 1.165) is 38.9 Å². The van der Waals surface area contributed by atoms with Crippen LogP contribution in [0.15, 0.2) is 79.3 Å². The average Bonchev–Trinajstić information content (AvgIpc) is 3.65. The molecule has 0 spiro atoms. The van der Waals surface area contributed by atoms with E-state index in [0.29, 0.717) is 56.3 Å². The van der Waals surface area contributed by atoms with Gasteiger partial charge in [-0.05, 0) is 65.4 Å². The number of carboxylic acids is 2. The summed E-state index contributed by atoms with van der Waals surface area (Å²) in [7, 11) is 0. The van der Waals surface area contributed by atoms with Crippen LogP contribution in [0.25, 0.3) is 28.2 Å². The Balaban J connectivity index is 1.20. The van der Waals surface area contributed by atoms with Crippen LogP contribution >= 0.6 is 23.2 Å². The molecule has 2 atom stereocenters. The van der Waals surface area contributed by atoms with Crippen LogP contribution in [-0.4, -0.2) is 77.2 Å². The van der Waals surface area contributed by atoms with Crippen molar-refractivity contribution in [1.82, 2.24) is 30.2 Å². The monoisotopic (exact) mass is 867 g/mol. The first-order chi connectivity index (χ1) is 29.3. The van der Waals surface area contributed by atoms with Crippen LogP contribution < -0.4 is 20.1 Å². The highest BCUT2D eigenvalue weighted by Crippen LogP contribution is 2.37. The van der Waals surface area contributed by atoms with Crippen molar-refractivity contribution in [2.45, 2.75) is 65.2 Å². The van der Waals surface area contributed by atoms with Gasteiger partial charge in [0.1, 0.15) is 30.8 Å². The molecule has 0 aliphatic rings. The van der Waals surface area contributed by atoms with Gasteiger partial charge in [-0.1, -0.05) is 59.6 Å². The first-order valence-electron chi connectivity index (χ1n) is 19.2. The van der Waals surface area contributed by atoms with Gasteiger partial charge in [0.05, 0.1) is 40.7 Å². The van der Waals surface area contributed by atoms with Gasteiger partial charge in [0, 0.05) is 67.5 Å². The zero-order valence-electron chi connectivity index (χ0n) is 33.2. The molecule has 0 saturated carbocycles. The standard InChI is InChI=1S/C44H43Cl2N7O8/c1-25-30(24-61-40-14-39(60-23-29-9-27(15-47)16-48-18-29)31(11-37(40)45)19-50-21-33(55)13-42(58)59)5-3-6-34(25)35-7-4-8-36(26(35)2)43-51-44-38(46)10-28(22-53(44)52-43)17-49-20-32(54)12-41(56)57/h3-11,14,16,18,22,32-33,49-50,54-55H,12-13,17,19-21,23-24H2,1-2H3,(H,56,57)(H,58,59). The lowest BCUT2D eigenvalue weighted by Crippen LogP contribution is -2.28.